The lowest BCUT2D eigenvalue weighted by Gasteiger charge is -2.10. The Labute approximate surface area is 182 Å². The number of amides is 1. The molecule has 0 spiro atoms. The first kappa shape index (κ1) is 19.1. The highest BCUT2D eigenvalue weighted by molar-refractivity contribution is 7.12. The van der Waals surface area contributed by atoms with Gasteiger partial charge in [-0.1, -0.05) is 18.2 Å². The number of fused-ring (bicyclic) bond motifs is 1. The number of carbonyl (C=O) groups excluding carboxylic acids is 1. The van der Waals surface area contributed by atoms with Gasteiger partial charge < -0.3 is 5.32 Å². The van der Waals surface area contributed by atoms with E-state index < -0.39 is 0 Å². The summed E-state index contributed by atoms with van der Waals surface area (Å²) in [5.41, 5.74) is 4.70. The van der Waals surface area contributed by atoms with Crippen molar-refractivity contribution in [3.63, 3.8) is 0 Å². The topological polar surface area (TPSA) is 90.5 Å². The predicted molar refractivity (Wildman–Crippen MR) is 120 cm³/mol. The summed E-state index contributed by atoms with van der Waals surface area (Å²) in [5.74, 6) is 0.902. The average Bonchev–Trinajstić information content (AvgIpc) is 3.50. The number of rotatable bonds is 4. The highest BCUT2D eigenvalue weighted by Gasteiger charge is 2.19. The molecule has 0 aliphatic heterocycles. The second-order valence-electron chi connectivity index (χ2n) is 7.22. The monoisotopic (exact) mass is 429 g/mol. The third-order valence-electron chi connectivity index (χ3n) is 5.17. The number of aryl methyl sites for hydroxylation is 2. The number of thiophene rings is 1. The van der Waals surface area contributed by atoms with E-state index in [-0.39, 0.29) is 5.91 Å². The van der Waals surface area contributed by atoms with Crippen molar-refractivity contribution in [1.29, 1.82) is 0 Å². The van der Waals surface area contributed by atoms with Gasteiger partial charge in [0.25, 0.3) is 5.91 Å². The minimum absolute atomic E-state index is 0.187. The first-order chi connectivity index (χ1) is 15.0. The van der Waals surface area contributed by atoms with Crippen LogP contribution < -0.4 is 5.32 Å². The van der Waals surface area contributed by atoms with E-state index in [2.05, 4.69) is 45.4 Å². The van der Waals surface area contributed by atoms with Crippen molar-refractivity contribution in [3.05, 3.63) is 76.0 Å². The Morgan fingerprint density at radius 1 is 1.06 bits per heavy atom. The molecule has 0 unspecified atom stereocenters. The van der Waals surface area contributed by atoms with Gasteiger partial charge in [0.2, 0.25) is 0 Å². The molecule has 154 valence electrons. The molecule has 0 saturated carbocycles. The van der Waals surface area contributed by atoms with Gasteiger partial charge in [-0.15, -0.1) is 11.3 Å². The highest BCUT2D eigenvalue weighted by Crippen LogP contribution is 2.26. The first-order valence-electron chi connectivity index (χ1n) is 9.70. The number of anilines is 1. The smallest absolute Gasteiger partial charge is 0.266 e. The Balaban J connectivity index is 1.62. The molecule has 0 atom stereocenters. The van der Waals surface area contributed by atoms with E-state index >= 15 is 0 Å². The number of nitrogens with zero attached hydrogens (tertiary/aromatic N) is 6. The molecule has 4 aromatic heterocycles. The molecule has 9 heteroatoms. The maximum Gasteiger partial charge on any atom is 0.266 e. The molecule has 5 rings (SSSR count). The molecule has 0 fully saturated rings. The van der Waals surface area contributed by atoms with Crippen LogP contribution >= 0.6 is 11.3 Å². The lowest BCUT2D eigenvalue weighted by atomic mass is 10.1. The van der Waals surface area contributed by atoms with Crippen molar-refractivity contribution in [2.75, 3.05) is 5.32 Å². The summed E-state index contributed by atoms with van der Waals surface area (Å²) in [7, 11) is 0. The van der Waals surface area contributed by atoms with Crippen LogP contribution in [0.5, 0.6) is 0 Å². The number of hydrogen-bond acceptors (Lipinski definition) is 6. The van der Waals surface area contributed by atoms with E-state index in [1.165, 1.54) is 23.2 Å². The fraction of sp³-hybridized carbons (Fsp3) is 0.136. The molecule has 0 aliphatic carbocycles. The van der Waals surface area contributed by atoms with Crippen LogP contribution in [-0.2, 0) is 0 Å². The van der Waals surface area contributed by atoms with Crippen LogP contribution in [0.3, 0.4) is 0 Å². The van der Waals surface area contributed by atoms with Crippen LogP contribution in [0, 0.1) is 20.8 Å². The molecule has 0 radical (unpaired) electrons. The number of aromatic nitrogens is 6. The summed E-state index contributed by atoms with van der Waals surface area (Å²) in [6, 6.07) is 11.5. The van der Waals surface area contributed by atoms with Gasteiger partial charge in [-0.3, -0.25) is 4.79 Å². The van der Waals surface area contributed by atoms with Crippen LogP contribution in [-0.4, -0.2) is 35.4 Å². The maximum absolute atomic E-state index is 12.6. The quantitative estimate of drug-likeness (QED) is 0.461. The molecule has 1 N–H and O–H groups in total. The van der Waals surface area contributed by atoms with E-state index in [1.807, 2.05) is 41.3 Å². The third-order valence-corrected chi connectivity index (χ3v) is 6.04. The Kier molecular flexibility index (Phi) is 4.59. The average molecular weight is 430 g/mol. The lowest BCUT2D eigenvalue weighted by molar-refractivity contribution is 0.103. The molecule has 8 nitrogen and oxygen atoms in total. The standard InChI is InChI=1S/C22H19N7OS/c1-13-6-4-7-17(15(13)3)28-20-16(11-25-28)21(24-12-23-20)29-19(10-14(2)27-29)26-22(30)18-8-5-9-31-18/h4-12H,1-3H3,(H,26,30). The van der Waals surface area contributed by atoms with Crippen molar-refractivity contribution in [2.24, 2.45) is 0 Å². The van der Waals surface area contributed by atoms with Crippen molar-refractivity contribution < 1.29 is 4.79 Å². The summed E-state index contributed by atoms with van der Waals surface area (Å²) < 4.78 is 3.43. The molecule has 0 aliphatic rings. The highest BCUT2D eigenvalue weighted by atomic mass is 32.1. The van der Waals surface area contributed by atoms with Crippen molar-refractivity contribution in [1.82, 2.24) is 29.5 Å². The maximum atomic E-state index is 12.6. The zero-order valence-corrected chi connectivity index (χ0v) is 18.0. The number of carbonyl (C=O) groups is 1. The zero-order chi connectivity index (χ0) is 21.5. The summed E-state index contributed by atoms with van der Waals surface area (Å²) in [4.78, 5) is 22.2. The molecule has 1 aromatic carbocycles. The van der Waals surface area contributed by atoms with Crippen LogP contribution in [0.25, 0.3) is 22.5 Å². The fourth-order valence-corrected chi connectivity index (χ4v) is 4.10. The predicted octanol–water partition coefficient (Wildman–Crippen LogP) is 4.24. The van der Waals surface area contributed by atoms with Crippen LogP contribution in [0.2, 0.25) is 0 Å². The molecular weight excluding hydrogens is 410 g/mol. The second-order valence-corrected chi connectivity index (χ2v) is 8.17. The van der Waals surface area contributed by atoms with E-state index in [9.17, 15) is 4.79 Å². The Bertz CT molecular complexity index is 1420. The van der Waals surface area contributed by atoms with Crippen LogP contribution in [0.15, 0.2) is 54.3 Å². The molecule has 0 bridgehead atoms. The molecule has 1 amide bonds. The lowest BCUT2D eigenvalue weighted by Crippen LogP contribution is -2.14. The van der Waals surface area contributed by atoms with E-state index in [0.717, 1.165) is 22.3 Å². The van der Waals surface area contributed by atoms with Gasteiger partial charge in [0.15, 0.2) is 11.5 Å². The summed E-state index contributed by atoms with van der Waals surface area (Å²) >= 11 is 1.38. The zero-order valence-electron chi connectivity index (χ0n) is 17.2. The number of nitrogens with one attached hydrogen (secondary N) is 1. The van der Waals surface area contributed by atoms with Gasteiger partial charge in [0.05, 0.1) is 27.8 Å². The van der Waals surface area contributed by atoms with Gasteiger partial charge in [-0.25, -0.2) is 14.6 Å². The molecule has 31 heavy (non-hydrogen) atoms. The summed E-state index contributed by atoms with van der Waals surface area (Å²) in [6.45, 7) is 6.00. The summed E-state index contributed by atoms with van der Waals surface area (Å²) in [5, 5.41) is 14.7. The molecular formula is C22H19N7OS. The molecule has 5 aromatic rings. The van der Waals surface area contributed by atoms with Gasteiger partial charge in [0, 0.05) is 6.07 Å². The van der Waals surface area contributed by atoms with Gasteiger partial charge in [0.1, 0.15) is 12.1 Å². The minimum atomic E-state index is -0.187. The van der Waals surface area contributed by atoms with Crippen molar-refractivity contribution >= 4 is 34.1 Å². The van der Waals surface area contributed by atoms with E-state index in [0.29, 0.717) is 22.2 Å². The molecule has 0 saturated heterocycles. The minimum Gasteiger partial charge on any atom is -0.306 e. The van der Waals surface area contributed by atoms with Crippen molar-refractivity contribution in [2.45, 2.75) is 20.8 Å². The van der Waals surface area contributed by atoms with E-state index in [4.69, 9.17) is 0 Å². The SMILES string of the molecule is Cc1cc(NC(=O)c2cccs2)n(-c2ncnc3c2cnn3-c2cccc(C)c2C)n1. The molecule has 4 heterocycles. The number of benzene rings is 1. The van der Waals surface area contributed by atoms with E-state index in [1.54, 1.807) is 16.9 Å². The third kappa shape index (κ3) is 3.28. The Hall–Kier alpha value is -3.85. The van der Waals surface area contributed by atoms with Gasteiger partial charge in [-0.2, -0.15) is 14.9 Å². The Morgan fingerprint density at radius 3 is 2.74 bits per heavy atom. The van der Waals surface area contributed by atoms with Gasteiger partial charge in [-0.05, 0) is 49.4 Å². The normalized spacial score (nSPS) is 11.2. The van der Waals surface area contributed by atoms with Crippen LogP contribution in [0.4, 0.5) is 5.82 Å². The van der Waals surface area contributed by atoms with Crippen LogP contribution in [0.1, 0.15) is 26.5 Å². The van der Waals surface area contributed by atoms with Gasteiger partial charge >= 0.3 is 0 Å². The fourth-order valence-electron chi connectivity index (χ4n) is 3.48. The Morgan fingerprint density at radius 2 is 1.94 bits per heavy atom. The van der Waals surface area contributed by atoms with Crippen molar-refractivity contribution in [3.8, 4) is 11.5 Å². The second kappa shape index (κ2) is 7.44. The largest absolute Gasteiger partial charge is 0.306 e. The first-order valence-corrected chi connectivity index (χ1v) is 10.6. The number of hydrogen-bond donors (Lipinski definition) is 1. The summed E-state index contributed by atoms with van der Waals surface area (Å²) in [6.07, 6.45) is 3.22.